The summed E-state index contributed by atoms with van der Waals surface area (Å²) in [6.07, 6.45) is 4.08. The van der Waals surface area contributed by atoms with E-state index >= 15 is 0 Å². The van der Waals surface area contributed by atoms with E-state index in [0.717, 1.165) is 5.69 Å². The standard InChI is InChI=1S/C21H19N3O2/c25-21(19-13-12-16(14-22-19)23-15-10-11-15)24-18-8-4-5-9-20(18)26-17-6-2-1-3-7-17/h1-9,12-15,23H,10-11H2,(H,24,25). The van der Waals surface area contributed by atoms with Crippen LogP contribution in [-0.2, 0) is 0 Å². The van der Waals surface area contributed by atoms with Crippen molar-refractivity contribution in [3.05, 3.63) is 78.6 Å². The third-order valence-corrected chi connectivity index (χ3v) is 4.05. The van der Waals surface area contributed by atoms with Gasteiger partial charge in [0, 0.05) is 6.04 Å². The van der Waals surface area contributed by atoms with E-state index < -0.39 is 0 Å². The average Bonchev–Trinajstić information content (AvgIpc) is 3.49. The van der Waals surface area contributed by atoms with Crippen molar-refractivity contribution in [2.75, 3.05) is 10.6 Å². The lowest BCUT2D eigenvalue weighted by Gasteiger charge is -2.12. The number of benzene rings is 2. The van der Waals surface area contributed by atoms with Gasteiger partial charge in [0.2, 0.25) is 0 Å². The lowest BCUT2D eigenvalue weighted by molar-refractivity contribution is 0.102. The van der Waals surface area contributed by atoms with Gasteiger partial charge in [-0.3, -0.25) is 4.79 Å². The Bertz CT molecular complexity index is 891. The molecule has 0 atom stereocenters. The zero-order valence-corrected chi connectivity index (χ0v) is 14.2. The van der Waals surface area contributed by atoms with Crippen molar-refractivity contribution in [2.24, 2.45) is 0 Å². The van der Waals surface area contributed by atoms with Crippen LogP contribution in [0.1, 0.15) is 23.3 Å². The van der Waals surface area contributed by atoms with Gasteiger partial charge in [-0.05, 0) is 49.2 Å². The minimum atomic E-state index is -0.271. The van der Waals surface area contributed by atoms with E-state index in [1.165, 1.54) is 12.8 Å². The molecule has 2 aromatic carbocycles. The molecular weight excluding hydrogens is 326 g/mol. The van der Waals surface area contributed by atoms with E-state index in [1.807, 2.05) is 54.6 Å². The van der Waals surface area contributed by atoms with Crippen LogP contribution >= 0.6 is 0 Å². The second kappa shape index (κ2) is 7.27. The van der Waals surface area contributed by atoms with Gasteiger partial charge in [-0.25, -0.2) is 4.98 Å². The Morgan fingerprint density at radius 1 is 0.962 bits per heavy atom. The van der Waals surface area contributed by atoms with Gasteiger partial charge in [-0.2, -0.15) is 0 Å². The maximum absolute atomic E-state index is 12.5. The van der Waals surface area contributed by atoms with E-state index in [-0.39, 0.29) is 5.91 Å². The molecule has 0 spiro atoms. The van der Waals surface area contributed by atoms with Crippen LogP contribution in [0, 0.1) is 0 Å². The Hall–Kier alpha value is -3.34. The number of hydrogen-bond donors (Lipinski definition) is 2. The van der Waals surface area contributed by atoms with Crippen LogP contribution in [0.2, 0.25) is 0 Å². The topological polar surface area (TPSA) is 63.2 Å². The Labute approximate surface area is 152 Å². The normalized spacial score (nSPS) is 13.1. The highest BCUT2D eigenvalue weighted by molar-refractivity contribution is 6.03. The molecule has 26 heavy (non-hydrogen) atoms. The van der Waals surface area contributed by atoms with Gasteiger partial charge in [-0.15, -0.1) is 0 Å². The van der Waals surface area contributed by atoms with Crippen LogP contribution < -0.4 is 15.4 Å². The summed E-state index contributed by atoms with van der Waals surface area (Å²) < 4.78 is 5.87. The van der Waals surface area contributed by atoms with Gasteiger partial charge in [0.1, 0.15) is 11.4 Å². The summed E-state index contributed by atoms with van der Waals surface area (Å²) in [4.78, 5) is 16.8. The van der Waals surface area contributed by atoms with Crippen molar-refractivity contribution >= 4 is 17.3 Å². The molecule has 0 saturated heterocycles. The van der Waals surface area contributed by atoms with Crippen LogP contribution in [0.3, 0.4) is 0 Å². The molecule has 130 valence electrons. The first-order valence-electron chi connectivity index (χ1n) is 8.64. The van der Waals surface area contributed by atoms with E-state index in [0.29, 0.717) is 28.9 Å². The van der Waals surface area contributed by atoms with Gasteiger partial charge in [0.25, 0.3) is 5.91 Å². The summed E-state index contributed by atoms with van der Waals surface area (Å²) in [6.45, 7) is 0. The molecule has 1 amide bonds. The van der Waals surface area contributed by atoms with Crippen LogP contribution in [0.15, 0.2) is 72.9 Å². The number of para-hydroxylation sites is 3. The third-order valence-electron chi connectivity index (χ3n) is 4.05. The van der Waals surface area contributed by atoms with E-state index in [9.17, 15) is 4.79 Å². The fraction of sp³-hybridized carbons (Fsp3) is 0.143. The summed E-state index contributed by atoms with van der Waals surface area (Å²) in [6, 6.07) is 21.0. The second-order valence-corrected chi connectivity index (χ2v) is 6.22. The zero-order valence-electron chi connectivity index (χ0n) is 14.2. The third kappa shape index (κ3) is 4.00. The molecule has 5 nitrogen and oxygen atoms in total. The maximum atomic E-state index is 12.5. The van der Waals surface area contributed by atoms with Gasteiger partial charge in [0.05, 0.1) is 17.6 Å². The number of aromatic nitrogens is 1. The molecule has 0 radical (unpaired) electrons. The number of anilines is 2. The van der Waals surface area contributed by atoms with Crippen molar-refractivity contribution in [3.8, 4) is 11.5 Å². The molecule has 1 aliphatic carbocycles. The highest BCUT2D eigenvalue weighted by atomic mass is 16.5. The SMILES string of the molecule is O=C(Nc1ccccc1Oc1ccccc1)c1ccc(NC2CC2)cn1. The first kappa shape index (κ1) is 16.1. The molecule has 0 unspecified atom stereocenters. The predicted molar refractivity (Wildman–Crippen MR) is 102 cm³/mol. The summed E-state index contributed by atoms with van der Waals surface area (Å²) in [5.74, 6) is 1.02. The number of hydrogen-bond acceptors (Lipinski definition) is 4. The monoisotopic (exact) mass is 345 g/mol. The number of amides is 1. The van der Waals surface area contributed by atoms with Gasteiger partial charge in [0.15, 0.2) is 5.75 Å². The molecule has 1 fully saturated rings. The molecule has 0 aliphatic heterocycles. The highest BCUT2D eigenvalue weighted by Gasteiger charge is 2.21. The highest BCUT2D eigenvalue weighted by Crippen LogP contribution is 2.29. The fourth-order valence-corrected chi connectivity index (χ4v) is 2.54. The van der Waals surface area contributed by atoms with Gasteiger partial charge < -0.3 is 15.4 Å². The molecule has 1 aliphatic rings. The van der Waals surface area contributed by atoms with E-state index in [2.05, 4.69) is 15.6 Å². The predicted octanol–water partition coefficient (Wildman–Crippen LogP) is 4.70. The van der Waals surface area contributed by atoms with Crippen LogP contribution in [0.25, 0.3) is 0 Å². The van der Waals surface area contributed by atoms with Crippen LogP contribution in [0.4, 0.5) is 11.4 Å². The van der Waals surface area contributed by atoms with Crippen molar-refractivity contribution < 1.29 is 9.53 Å². The summed E-state index contributed by atoms with van der Waals surface area (Å²) >= 11 is 0. The molecule has 4 rings (SSSR count). The minimum Gasteiger partial charge on any atom is -0.455 e. The fourth-order valence-electron chi connectivity index (χ4n) is 2.54. The Morgan fingerprint density at radius 2 is 1.73 bits per heavy atom. The number of pyridine rings is 1. The van der Waals surface area contributed by atoms with Gasteiger partial charge in [-0.1, -0.05) is 30.3 Å². The molecule has 0 bridgehead atoms. The quantitative estimate of drug-likeness (QED) is 0.680. The van der Waals surface area contributed by atoms with E-state index in [1.54, 1.807) is 18.3 Å². The van der Waals surface area contributed by atoms with Crippen molar-refractivity contribution in [1.82, 2.24) is 4.98 Å². The largest absolute Gasteiger partial charge is 0.455 e. The number of carbonyl (C=O) groups excluding carboxylic acids is 1. The molecular formula is C21H19N3O2. The first-order chi connectivity index (χ1) is 12.8. The number of rotatable bonds is 6. The minimum absolute atomic E-state index is 0.271. The van der Waals surface area contributed by atoms with Crippen molar-refractivity contribution in [3.63, 3.8) is 0 Å². The van der Waals surface area contributed by atoms with Crippen LogP contribution in [0.5, 0.6) is 11.5 Å². The Morgan fingerprint density at radius 3 is 2.46 bits per heavy atom. The summed E-state index contributed by atoms with van der Waals surface area (Å²) in [5, 5.41) is 6.23. The second-order valence-electron chi connectivity index (χ2n) is 6.22. The summed E-state index contributed by atoms with van der Waals surface area (Å²) in [7, 11) is 0. The number of nitrogens with zero attached hydrogens (tertiary/aromatic N) is 1. The van der Waals surface area contributed by atoms with E-state index in [4.69, 9.17) is 4.74 Å². The molecule has 1 saturated carbocycles. The van der Waals surface area contributed by atoms with Crippen molar-refractivity contribution in [2.45, 2.75) is 18.9 Å². The Kier molecular flexibility index (Phi) is 4.51. The lowest BCUT2D eigenvalue weighted by atomic mass is 10.2. The number of ether oxygens (including phenoxy) is 1. The first-order valence-corrected chi connectivity index (χ1v) is 8.64. The molecule has 1 heterocycles. The average molecular weight is 345 g/mol. The zero-order chi connectivity index (χ0) is 17.8. The number of nitrogens with one attached hydrogen (secondary N) is 2. The smallest absolute Gasteiger partial charge is 0.274 e. The molecule has 3 aromatic rings. The summed E-state index contributed by atoms with van der Waals surface area (Å²) in [5.41, 5.74) is 1.90. The van der Waals surface area contributed by atoms with Crippen molar-refractivity contribution in [1.29, 1.82) is 0 Å². The lowest BCUT2D eigenvalue weighted by Crippen LogP contribution is -2.14. The number of carbonyl (C=O) groups is 1. The van der Waals surface area contributed by atoms with Crippen LogP contribution in [-0.4, -0.2) is 16.9 Å². The molecule has 1 aromatic heterocycles. The Balaban J connectivity index is 1.47. The molecule has 5 heteroatoms. The maximum Gasteiger partial charge on any atom is 0.274 e. The van der Waals surface area contributed by atoms with Gasteiger partial charge >= 0.3 is 0 Å². The molecule has 2 N–H and O–H groups in total.